The average molecular weight is 379 g/mol. The molecule has 0 aliphatic heterocycles. The molecule has 136 valence electrons. The molecule has 0 saturated heterocycles. The maximum absolute atomic E-state index is 11.1. The van der Waals surface area contributed by atoms with Gasteiger partial charge in [0.25, 0.3) is 0 Å². The third-order valence-corrected chi connectivity index (χ3v) is 4.86. The average Bonchev–Trinajstić information content (AvgIpc) is 3.16. The first-order valence-corrected chi connectivity index (χ1v) is 9.55. The van der Waals surface area contributed by atoms with Crippen molar-refractivity contribution in [2.45, 2.75) is 5.75 Å². The van der Waals surface area contributed by atoms with Gasteiger partial charge in [0.15, 0.2) is 16.9 Å². The molecule has 0 bridgehead atoms. The van der Waals surface area contributed by atoms with E-state index in [1.165, 1.54) is 0 Å². The largest absolute Gasteiger partial charge is 0.329 e. The van der Waals surface area contributed by atoms with Gasteiger partial charge in [-0.3, -0.25) is 5.10 Å². The Labute approximate surface area is 158 Å². The zero-order chi connectivity index (χ0) is 18.8. The second-order valence-corrected chi connectivity index (χ2v) is 7.00. The van der Waals surface area contributed by atoms with Crippen molar-refractivity contribution >= 4 is 33.5 Å². The van der Waals surface area contributed by atoms with E-state index in [1.807, 2.05) is 60.5 Å². The second kappa shape index (κ2) is 7.26. The molecule has 2 heterocycles. The van der Waals surface area contributed by atoms with E-state index in [9.17, 15) is 4.21 Å². The Bertz CT molecular complexity index is 1130. The van der Waals surface area contributed by atoms with Gasteiger partial charge in [-0.1, -0.05) is 24.3 Å². The molecule has 1 atom stereocenters. The molecule has 7 nitrogen and oxygen atoms in total. The summed E-state index contributed by atoms with van der Waals surface area (Å²) in [4.78, 5) is 11.0. The minimum atomic E-state index is -1.89. The van der Waals surface area contributed by atoms with Crippen LogP contribution in [0.5, 0.6) is 0 Å². The Kier molecular flexibility index (Phi) is 4.66. The summed E-state index contributed by atoms with van der Waals surface area (Å²) >= 11 is -1.89. The molecule has 0 saturated carbocycles. The van der Waals surface area contributed by atoms with Gasteiger partial charge >= 0.3 is 0 Å². The van der Waals surface area contributed by atoms with Gasteiger partial charge in [0, 0.05) is 24.2 Å². The number of benzene rings is 2. The van der Waals surface area contributed by atoms with Gasteiger partial charge in [0.2, 0.25) is 0 Å². The first-order chi connectivity index (χ1) is 13.1. The van der Waals surface area contributed by atoms with Crippen LogP contribution in [0.4, 0.5) is 11.5 Å². The molecule has 4 rings (SSSR count). The van der Waals surface area contributed by atoms with Crippen LogP contribution in [0.1, 0.15) is 5.56 Å². The van der Waals surface area contributed by atoms with Gasteiger partial charge in [-0.05, 0) is 29.8 Å². The van der Waals surface area contributed by atoms with E-state index in [2.05, 4.69) is 20.2 Å². The number of aromatic nitrogens is 4. The predicted octanol–water partition coefficient (Wildman–Crippen LogP) is 3.51. The molecule has 2 aromatic heterocycles. The topological polar surface area (TPSA) is 95.0 Å². The van der Waals surface area contributed by atoms with Crippen molar-refractivity contribution in [3.63, 3.8) is 0 Å². The van der Waals surface area contributed by atoms with E-state index < -0.39 is 11.1 Å². The summed E-state index contributed by atoms with van der Waals surface area (Å²) in [6, 6.07) is 15.2. The fourth-order valence-corrected chi connectivity index (χ4v) is 3.45. The molecular weight excluding hydrogens is 362 g/mol. The standard InChI is InChI=1S/C19H17N5O2S/c1-24(17-7-3-6-16-15(17)11-21-23-16)18-8-9-20-19(22-18)14-5-2-4-13(10-14)12-27(25)26/h2-11H,12H2,1H3,(H,21,23)(H,25,26). The summed E-state index contributed by atoms with van der Waals surface area (Å²) in [7, 11) is 1.94. The SMILES string of the molecule is CN(c1ccnc(-c2cccc(CS(=O)O)c2)n1)c1cccc2[nH]ncc12. The van der Waals surface area contributed by atoms with Gasteiger partial charge in [-0.25, -0.2) is 14.2 Å². The highest BCUT2D eigenvalue weighted by Gasteiger charge is 2.12. The molecule has 4 aromatic rings. The normalized spacial score (nSPS) is 12.2. The lowest BCUT2D eigenvalue weighted by Crippen LogP contribution is -2.12. The summed E-state index contributed by atoms with van der Waals surface area (Å²) < 4.78 is 20.2. The number of aromatic amines is 1. The minimum Gasteiger partial charge on any atom is -0.329 e. The van der Waals surface area contributed by atoms with Crippen LogP contribution in [0.2, 0.25) is 0 Å². The predicted molar refractivity (Wildman–Crippen MR) is 106 cm³/mol. The smallest absolute Gasteiger partial charge is 0.161 e. The highest BCUT2D eigenvalue weighted by atomic mass is 32.2. The maximum Gasteiger partial charge on any atom is 0.161 e. The van der Waals surface area contributed by atoms with E-state index >= 15 is 0 Å². The molecule has 0 aliphatic carbocycles. The molecule has 0 amide bonds. The zero-order valence-electron chi connectivity index (χ0n) is 14.5. The number of fused-ring (bicyclic) bond motifs is 1. The summed E-state index contributed by atoms with van der Waals surface area (Å²) in [5.41, 5.74) is 3.50. The van der Waals surface area contributed by atoms with Crippen LogP contribution in [0.3, 0.4) is 0 Å². The van der Waals surface area contributed by atoms with Crippen LogP contribution in [0.25, 0.3) is 22.3 Å². The molecule has 0 fully saturated rings. The molecule has 8 heteroatoms. The van der Waals surface area contributed by atoms with Crippen LogP contribution >= 0.6 is 0 Å². The summed E-state index contributed by atoms with van der Waals surface area (Å²) in [6.07, 6.45) is 3.50. The van der Waals surface area contributed by atoms with Crippen molar-refractivity contribution in [1.82, 2.24) is 20.2 Å². The molecule has 2 aromatic carbocycles. The van der Waals surface area contributed by atoms with Crippen LogP contribution in [-0.4, -0.2) is 36.0 Å². The summed E-state index contributed by atoms with van der Waals surface area (Å²) in [6.45, 7) is 0. The first kappa shape index (κ1) is 17.3. The monoisotopic (exact) mass is 379 g/mol. The van der Waals surface area contributed by atoms with Gasteiger partial charge in [-0.15, -0.1) is 0 Å². The Morgan fingerprint density at radius 2 is 2.04 bits per heavy atom. The zero-order valence-corrected chi connectivity index (χ0v) is 15.3. The number of hydrogen-bond acceptors (Lipinski definition) is 5. The minimum absolute atomic E-state index is 0.0793. The number of hydrogen-bond donors (Lipinski definition) is 2. The van der Waals surface area contributed by atoms with Crippen LogP contribution in [0, 0.1) is 0 Å². The lowest BCUT2D eigenvalue weighted by atomic mass is 10.1. The van der Waals surface area contributed by atoms with Gasteiger partial charge < -0.3 is 9.45 Å². The molecule has 0 spiro atoms. The van der Waals surface area contributed by atoms with E-state index in [-0.39, 0.29) is 5.75 Å². The van der Waals surface area contributed by atoms with Crippen molar-refractivity contribution in [3.8, 4) is 11.4 Å². The van der Waals surface area contributed by atoms with Crippen molar-refractivity contribution < 1.29 is 8.76 Å². The fraction of sp³-hybridized carbons (Fsp3) is 0.105. The number of H-pyrrole nitrogens is 1. The molecule has 27 heavy (non-hydrogen) atoms. The molecule has 1 unspecified atom stereocenters. The maximum atomic E-state index is 11.1. The lowest BCUT2D eigenvalue weighted by molar-refractivity contribution is 0.563. The number of nitrogens with zero attached hydrogens (tertiary/aromatic N) is 4. The number of anilines is 2. The molecule has 0 radical (unpaired) electrons. The van der Waals surface area contributed by atoms with Crippen molar-refractivity contribution in [3.05, 3.63) is 66.5 Å². The Balaban J connectivity index is 1.70. The van der Waals surface area contributed by atoms with Crippen LogP contribution in [0.15, 0.2) is 60.9 Å². The third kappa shape index (κ3) is 3.57. The highest BCUT2D eigenvalue weighted by molar-refractivity contribution is 7.78. The van der Waals surface area contributed by atoms with Gasteiger partial charge in [0.1, 0.15) is 5.82 Å². The highest BCUT2D eigenvalue weighted by Crippen LogP contribution is 2.29. The fourth-order valence-electron chi connectivity index (χ4n) is 2.99. The molecule has 0 aliphatic rings. The van der Waals surface area contributed by atoms with Gasteiger partial charge in [0.05, 0.1) is 23.2 Å². The summed E-state index contributed by atoms with van der Waals surface area (Å²) in [5.74, 6) is 1.38. The van der Waals surface area contributed by atoms with Crippen molar-refractivity contribution in [2.24, 2.45) is 0 Å². The Morgan fingerprint density at radius 3 is 2.89 bits per heavy atom. The first-order valence-electron chi connectivity index (χ1n) is 8.27. The lowest BCUT2D eigenvalue weighted by Gasteiger charge is -2.19. The Morgan fingerprint density at radius 1 is 1.19 bits per heavy atom. The van der Waals surface area contributed by atoms with E-state index in [4.69, 9.17) is 4.55 Å². The van der Waals surface area contributed by atoms with E-state index in [1.54, 1.807) is 12.4 Å². The van der Waals surface area contributed by atoms with Crippen LogP contribution < -0.4 is 4.90 Å². The van der Waals surface area contributed by atoms with Crippen molar-refractivity contribution in [1.29, 1.82) is 0 Å². The van der Waals surface area contributed by atoms with E-state index in [0.29, 0.717) is 5.82 Å². The molecule has 2 N–H and O–H groups in total. The number of nitrogens with one attached hydrogen (secondary N) is 1. The van der Waals surface area contributed by atoms with Crippen LogP contribution in [-0.2, 0) is 16.8 Å². The van der Waals surface area contributed by atoms with Crippen molar-refractivity contribution in [2.75, 3.05) is 11.9 Å². The third-order valence-electron chi connectivity index (χ3n) is 4.28. The Hall–Kier alpha value is -3.10. The second-order valence-electron chi connectivity index (χ2n) is 6.07. The summed E-state index contributed by atoms with van der Waals surface area (Å²) in [5, 5.41) is 8.08. The van der Waals surface area contributed by atoms with E-state index in [0.717, 1.165) is 33.5 Å². The quantitative estimate of drug-likeness (QED) is 0.515. The number of rotatable bonds is 5. The molecular formula is C19H17N5O2S. The van der Waals surface area contributed by atoms with Gasteiger partial charge in [-0.2, -0.15) is 5.10 Å².